The van der Waals surface area contributed by atoms with Crippen molar-refractivity contribution >= 4 is 16.9 Å². The molecule has 0 fully saturated rings. The highest BCUT2D eigenvalue weighted by Gasteiger charge is 2.17. The predicted molar refractivity (Wildman–Crippen MR) is 115 cm³/mol. The lowest BCUT2D eigenvalue weighted by atomic mass is 10.0. The Kier molecular flexibility index (Phi) is 5.59. The maximum absolute atomic E-state index is 11.5. The monoisotopic (exact) mass is 400 g/mol. The minimum atomic E-state index is -0.972. The van der Waals surface area contributed by atoms with E-state index in [0.29, 0.717) is 34.6 Å². The van der Waals surface area contributed by atoms with Crippen LogP contribution in [-0.2, 0) is 6.54 Å². The zero-order valence-corrected chi connectivity index (χ0v) is 16.1. The van der Waals surface area contributed by atoms with Crippen molar-refractivity contribution in [3.05, 3.63) is 90.0 Å². The minimum Gasteiger partial charge on any atom is -0.478 e. The molecule has 0 amide bonds. The van der Waals surface area contributed by atoms with E-state index in [1.54, 1.807) is 30.3 Å². The van der Waals surface area contributed by atoms with Gasteiger partial charge in [-0.25, -0.2) is 9.78 Å². The molecule has 0 spiro atoms. The van der Waals surface area contributed by atoms with Crippen LogP contribution in [-0.4, -0.2) is 22.9 Å². The summed E-state index contributed by atoms with van der Waals surface area (Å²) in [5, 5.41) is 10.1. The first-order chi connectivity index (χ1) is 14.7. The molecule has 0 saturated heterocycles. The first-order valence-corrected chi connectivity index (χ1v) is 9.43. The second-order valence-electron chi connectivity index (χ2n) is 6.64. The average molecular weight is 400 g/mol. The minimum absolute atomic E-state index is 0.199. The molecule has 150 valence electrons. The second-order valence-corrected chi connectivity index (χ2v) is 6.64. The summed E-state index contributed by atoms with van der Waals surface area (Å²) in [7, 11) is 0. The van der Waals surface area contributed by atoms with Gasteiger partial charge in [0.2, 0.25) is 6.79 Å². The third-order valence-corrected chi connectivity index (χ3v) is 4.69. The summed E-state index contributed by atoms with van der Waals surface area (Å²) >= 11 is 0. The molecule has 1 aliphatic heterocycles. The van der Waals surface area contributed by atoms with Crippen LogP contribution in [0.1, 0.15) is 15.9 Å². The summed E-state index contributed by atoms with van der Waals surface area (Å²) in [6.45, 7) is 0.838. The first-order valence-electron chi connectivity index (χ1n) is 9.43. The Hall–Kier alpha value is -3.90. The van der Waals surface area contributed by atoms with Gasteiger partial charge in [0.05, 0.1) is 16.8 Å². The summed E-state index contributed by atoms with van der Waals surface area (Å²) in [6, 6.07) is 24.2. The van der Waals surface area contributed by atoms with Crippen molar-refractivity contribution < 1.29 is 19.4 Å². The largest absolute Gasteiger partial charge is 0.478 e. The number of fused-ring (bicyclic) bond motifs is 2. The Bertz CT molecular complexity index is 1190. The molecule has 6 heteroatoms. The summed E-state index contributed by atoms with van der Waals surface area (Å²) in [4.78, 5) is 16.1. The number of ether oxygens (including phenoxy) is 2. The SMILES string of the molecule is NCc1ccccc1.O=C(O)c1cc(-c2ccc3c(c2)OCO3)nc2ccccc12. The van der Waals surface area contributed by atoms with Crippen molar-refractivity contribution in [2.75, 3.05) is 6.79 Å². The van der Waals surface area contributed by atoms with Crippen LogP contribution in [0.2, 0.25) is 0 Å². The van der Waals surface area contributed by atoms with Gasteiger partial charge in [0.1, 0.15) is 0 Å². The molecule has 0 unspecified atom stereocenters. The van der Waals surface area contributed by atoms with E-state index < -0.39 is 5.97 Å². The Labute approximate surface area is 173 Å². The number of carboxylic acids is 1. The summed E-state index contributed by atoms with van der Waals surface area (Å²) < 4.78 is 10.6. The van der Waals surface area contributed by atoms with Crippen molar-refractivity contribution in [1.82, 2.24) is 4.98 Å². The van der Waals surface area contributed by atoms with Gasteiger partial charge >= 0.3 is 5.97 Å². The quantitative estimate of drug-likeness (QED) is 0.527. The van der Waals surface area contributed by atoms with Crippen molar-refractivity contribution in [3.8, 4) is 22.8 Å². The van der Waals surface area contributed by atoms with E-state index in [-0.39, 0.29) is 12.4 Å². The lowest BCUT2D eigenvalue weighted by Gasteiger charge is -2.07. The molecule has 2 heterocycles. The molecular formula is C24H20N2O4. The fourth-order valence-electron chi connectivity index (χ4n) is 3.17. The van der Waals surface area contributed by atoms with Crippen LogP contribution in [0, 0.1) is 0 Å². The highest BCUT2D eigenvalue weighted by Crippen LogP contribution is 2.36. The molecule has 0 atom stereocenters. The number of aromatic carboxylic acids is 1. The molecule has 3 aromatic carbocycles. The van der Waals surface area contributed by atoms with E-state index in [1.165, 1.54) is 5.56 Å². The van der Waals surface area contributed by atoms with Crippen molar-refractivity contribution in [3.63, 3.8) is 0 Å². The highest BCUT2D eigenvalue weighted by atomic mass is 16.7. The Morgan fingerprint density at radius 1 is 0.933 bits per heavy atom. The van der Waals surface area contributed by atoms with Crippen LogP contribution in [0.4, 0.5) is 0 Å². The number of carbonyl (C=O) groups is 1. The van der Waals surface area contributed by atoms with Crippen LogP contribution in [0.3, 0.4) is 0 Å². The molecule has 1 aromatic heterocycles. The molecule has 0 aliphatic carbocycles. The molecule has 6 nitrogen and oxygen atoms in total. The molecule has 0 radical (unpaired) electrons. The zero-order valence-electron chi connectivity index (χ0n) is 16.1. The van der Waals surface area contributed by atoms with Gasteiger partial charge in [-0.1, -0.05) is 48.5 Å². The second kappa shape index (κ2) is 8.63. The molecule has 4 aromatic rings. The molecule has 0 bridgehead atoms. The standard InChI is InChI=1S/C17H11NO4.C7H9N/c19-17(20)12-8-14(18-13-4-2-1-3-11(12)13)10-5-6-15-16(7-10)22-9-21-15;8-6-7-4-2-1-3-5-7/h1-8H,9H2,(H,19,20);1-5H,6,8H2. The van der Waals surface area contributed by atoms with E-state index >= 15 is 0 Å². The molecule has 0 saturated carbocycles. The summed E-state index contributed by atoms with van der Waals surface area (Å²) in [5.74, 6) is 0.355. The van der Waals surface area contributed by atoms with Gasteiger partial charge in [0.15, 0.2) is 11.5 Å². The van der Waals surface area contributed by atoms with E-state index in [1.807, 2.05) is 48.5 Å². The van der Waals surface area contributed by atoms with Crippen LogP contribution in [0.5, 0.6) is 11.5 Å². The fourth-order valence-corrected chi connectivity index (χ4v) is 3.17. The van der Waals surface area contributed by atoms with E-state index in [9.17, 15) is 9.90 Å². The number of hydrogen-bond acceptors (Lipinski definition) is 5. The van der Waals surface area contributed by atoms with Crippen LogP contribution < -0.4 is 15.2 Å². The predicted octanol–water partition coefficient (Wildman–Crippen LogP) is 4.47. The Balaban J connectivity index is 0.000000230. The van der Waals surface area contributed by atoms with Crippen LogP contribution in [0.15, 0.2) is 78.9 Å². The number of aromatic nitrogens is 1. The lowest BCUT2D eigenvalue weighted by molar-refractivity contribution is 0.0699. The van der Waals surface area contributed by atoms with E-state index in [4.69, 9.17) is 15.2 Å². The molecule has 1 aliphatic rings. The lowest BCUT2D eigenvalue weighted by Crippen LogP contribution is -2.00. The van der Waals surface area contributed by atoms with E-state index in [2.05, 4.69) is 4.98 Å². The van der Waals surface area contributed by atoms with Crippen molar-refractivity contribution in [2.45, 2.75) is 6.54 Å². The number of carboxylic acid groups (broad SMARTS) is 1. The fraction of sp³-hybridized carbons (Fsp3) is 0.0833. The first kappa shape index (κ1) is 19.4. The maximum atomic E-state index is 11.5. The Morgan fingerprint density at radius 2 is 1.67 bits per heavy atom. The normalized spacial score (nSPS) is 11.6. The number of hydrogen-bond donors (Lipinski definition) is 2. The molecule has 3 N–H and O–H groups in total. The van der Waals surface area contributed by atoms with Crippen LogP contribution in [0.25, 0.3) is 22.2 Å². The number of nitrogens with two attached hydrogens (primary N) is 1. The zero-order chi connectivity index (χ0) is 20.9. The van der Waals surface area contributed by atoms with Crippen LogP contribution >= 0.6 is 0 Å². The van der Waals surface area contributed by atoms with Gasteiger partial charge in [0.25, 0.3) is 0 Å². The van der Waals surface area contributed by atoms with Gasteiger partial charge in [-0.05, 0) is 35.9 Å². The summed E-state index contributed by atoms with van der Waals surface area (Å²) in [5.41, 5.74) is 8.80. The average Bonchev–Trinajstić information content (AvgIpc) is 3.27. The number of pyridine rings is 1. The van der Waals surface area contributed by atoms with E-state index in [0.717, 1.165) is 5.56 Å². The van der Waals surface area contributed by atoms with Crippen molar-refractivity contribution in [1.29, 1.82) is 0 Å². The van der Waals surface area contributed by atoms with Gasteiger partial charge in [-0.15, -0.1) is 0 Å². The molecule has 30 heavy (non-hydrogen) atoms. The third kappa shape index (κ3) is 4.09. The number of para-hydroxylation sites is 1. The number of rotatable bonds is 3. The highest BCUT2D eigenvalue weighted by molar-refractivity contribution is 6.03. The van der Waals surface area contributed by atoms with Gasteiger partial charge in [-0.3, -0.25) is 0 Å². The van der Waals surface area contributed by atoms with Gasteiger partial charge in [-0.2, -0.15) is 0 Å². The topological polar surface area (TPSA) is 94.7 Å². The summed E-state index contributed by atoms with van der Waals surface area (Å²) in [6.07, 6.45) is 0. The molecular weight excluding hydrogens is 380 g/mol. The number of benzene rings is 3. The third-order valence-electron chi connectivity index (χ3n) is 4.69. The number of nitrogens with zero attached hydrogens (tertiary/aromatic N) is 1. The smallest absolute Gasteiger partial charge is 0.336 e. The molecule has 5 rings (SSSR count). The van der Waals surface area contributed by atoms with Gasteiger partial charge in [0, 0.05) is 17.5 Å². The Morgan fingerprint density at radius 3 is 2.40 bits per heavy atom. The maximum Gasteiger partial charge on any atom is 0.336 e. The van der Waals surface area contributed by atoms with Gasteiger partial charge < -0.3 is 20.3 Å². The van der Waals surface area contributed by atoms with Crippen molar-refractivity contribution in [2.24, 2.45) is 5.73 Å².